The van der Waals surface area contributed by atoms with Gasteiger partial charge in [0.2, 0.25) is 5.89 Å². The molecule has 1 aromatic rings. The van der Waals surface area contributed by atoms with Crippen molar-refractivity contribution in [2.45, 2.75) is 13.1 Å². The summed E-state index contributed by atoms with van der Waals surface area (Å²) < 4.78 is 43.3. The summed E-state index contributed by atoms with van der Waals surface area (Å²) in [5.74, 6) is 0.168. The van der Waals surface area contributed by atoms with E-state index in [2.05, 4.69) is 19.4 Å². The Hall–Kier alpha value is -1.80. The van der Waals surface area contributed by atoms with Crippen molar-refractivity contribution >= 4 is 12.1 Å². The van der Waals surface area contributed by atoms with Crippen LogP contribution in [0.3, 0.4) is 0 Å². The highest BCUT2D eigenvalue weighted by Gasteiger charge is 2.29. The smallest absolute Gasteiger partial charge is 0.422 e. The van der Waals surface area contributed by atoms with Gasteiger partial charge >= 0.3 is 18.3 Å². The first-order valence-electron chi connectivity index (χ1n) is 3.67. The van der Waals surface area contributed by atoms with Crippen LogP contribution in [0.2, 0.25) is 0 Å². The zero-order chi connectivity index (χ0) is 11.5. The molecule has 0 aliphatic rings. The Balaban J connectivity index is 2.37. The van der Waals surface area contributed by atoms with Crippen LogP contribution < -0.4 is 5.32 Å². The van der Waals surface area contributed by atoms with E-state index in [0.717, 1.165) is 0 Å². The number of rotatable bonds is 2. The highest BCUT2D eigenvalue weighted by Crippen LogP contribution is 2.14. The molecule has 0 fully saturated rings. The Morgan fingerprint density at radius 3 is 2.67 bits per heavy atom. The zero-order valence-corrected chi connectivity index (χ0v) is 7.46. The molecule has 15 heavy (non-hydrogen) atoms. The molecule has 0 atom stereocenters. The predicted molar refractivity (Wildman–Crippen MR) is 40.1 cm³/mol. The molecular formula is C6H6F3N3O3. The van der Waals surface area contributed by atoms with Crippen molar-refractivity contribution in [2.75, 3.05) is 11.9 Å². The van der Waals surface area contributed by atoms with Gasteiger partial charge in [0.05, 0.1) is 0 Å². The molecule has 1 heterocycles. The summed E-state index contributed by atoms with van der Waals surface area (Å²) in [7, 11) is 0. The molecule has 6 nitrogen and oxygen atoms in total. The van der Waals surface area contributed by atoms with E-state index in [1.807, 2.05) is 5.32 Å². The molecular weight excluding hydrogens is 219 g/mol. The van der Waals surface area contributed by atoms with E-state index >= 15 is 0 Å². The minimum Gasteiger partial charge on any atom is -0.440 e. The van der Waals surface area contributed by atoms with E-state index in [-0.39, 0.29) is 11.9 Å². The van der Waals surface area contributed by atoms with Crippen molar-refractivity contribution in [1.82, 2.24) is 10.2 Å². The molecule has 9 heteroatoms. The number of hydrogen-bond donors (Lipinski definition) is 1. The molecule has 84 valence electrons. The first-order chi connectivity index (χ1) is 6.87. The van der Waals surface area contributed by atoms with Crippen LogP contribution in [-0.2, 0) is 4.74 Å². The quantitative estimate of drug-likeness (QED) is 0.824. The van der Waals surface area contributed by atoms with Crippen LogP contribution in [0, 0.1) is 6.92 Å². The van der Waals surface area contributed by atoms with Crippen LogP contribution in [0.1, 0.15) is 5.89 Å². The van der Waals surface area contributed by atoms with Gasteiger partial charge in [0.1, 0.15) is 0 Å². The van der Waals surface area contributed by atoms with Gasteiger partial charge < -0.3 is 9.15 Å². The van der Waals surface area contributed by atoms with Gasteiger partial charge in [0.15, 0.2) is 6.61 Å². The second-order valence-electron chi connectivity index (χ2n) is 2.44. The van der Waals surface area contributed by atoms with E-state index in [0.29, 0.717) is 0 Å². The number of nitrogens with one attached hydrogen (secondary N) is 1. The van der Waals surface area contributed by atoms with Gasteiger partial charge in [-0.1, -0.05) is 5.10 Å². The van der Waals surface area contributed by atoms with Crippen LogP contribution in [0.25, 0.3) is 0 Å². The number of carbonyl (C=O) groups is 1. The summed E-state index contributed by atoms with van der Waals surface area (Å²) >= 11 is 0. The molecule has 0 aromatic carbocycles. The summed E-state index contributed by atoms with van der Waals surface area (Å²) in [6.07, 6.45) is -5.88. The van der Waals surface area contributed by atoms with E-state index in [1.54, 1.807) is 0 Å². The van der Waals surface area contributed by atoms with E-state index in [9.17, 15) is 18.0 Å². The molecule has 1 amide bonds. The number of carbonyl (C=O) groups excluding carboxylic acids is 1. The third-order valence-corrected chi connectivity index (χ3v) is 1.10. The highest BCUT2D eigenvalue weighted by atomic mass is 19.4. The maximum Gasteiger partial charge on any atom is 0.422 e. The molecule has 0 aliphatic heterocycles. The van der Waals surface area contributed by atoms with Crippen molar-refractivity contribution in [3.8, 4) is 0 Å². The van der Waals surface area contributed by atoms with Gasteiger partial charge in [-0.2, -0.15) is 13.2 Å². The molecule has 0 bridgehead atoms. The molecule has 0 aliphatic carbocycles. The lowest BCUT2D eigenvalue weighted by atomic mass is 10.7. The van der Waals surface area contributed by atoms with Crippen LogP contribution in [0.15, 0.2) is 4.42 Å². The molecule has 1 N–H and O–H groups in total. The van der Waals surface area contributed by atoms with E-state index in [1.165, 1.54) is 6.92 Å². The minimum atomic E-state index is -4.57. The Bertz CT molecular complexity index is 349. The van der Waals surface area contributed by atoms with Gasteiger partial charge in [0, 0.05) is 6.92 Å². The van der Waals surface area contributed by atoms with Gasteiger partial charge in [0.25, 0.3) is 0 Å². The van der Waals surface area contributed by atoms with Gasteiger partial charge in [-0.05, 0) is 0 Å². The van der Waals surface area contributed by atoms with Crippen molar-refractivity contribution in [2.24, 2.45) is 0 Å². The third-order valence-electron chi connectivity index (χ3n) is 1.10. The number of alkyl halides is 3. The van der Waals surface area contributed by atoms with Crippen molar-refractivity contribution in [3.05, 3.63) is 5.89 Å². The summed E-state index contributed by atoms with van der Waals surface area (Å²) in [4.78, 5) is 10.7. The second kappa shape index (κ2) is 4.15. The summed E-state index contributed by atoms with van der Waals surface area (Å²) in [6.45, 7) is -0.217. The zero-order valence-electron chi connectivity index (χ0n) is 7.46. The fraction of sp³-hybridized carbons (Fsp3) is 0.500. The van der Waals surface area contributed by atoms with Gasteiger partial charge in [-0.3, -0.25) is 0 Å². The highest BCUT2D eigenvalue weighted by molar-refractivity contribution is 5.81. The standard InChI is InChI=1S/C6H6F3N3O3/c1-3-11-12-4(15-3)10-5(13)14-2-6(7,8)9/h2H2,1H3,(H,10,12,13). The maximum absolute atomic E-state index is 11.6. The average molecular weight is 225 g/mol. The molecule has 1 aromatic heterocycles. The van der Waals surface area contributed by atoms with Crippen LogP contribution >= 0.6 is 0 Å². The van der Waals surface area contributed by atoms with Crippen molar-refractivity contribution < 1.29 is 27.1 Å². The number of aromatic nitrogens is 2. The molecule has 0 radical (unpaired) electrons. The number of anilines is 1. The minimum absolute atomic E-state index is 0.168. The average Bonchev–Trinajstić information content (AvgIpc) is 2.47. The fourth-order valence-electron chi connectivity index (χ4n) is 0.618. The lowest BCUT2D eigenvalue weighted by molar-refractivity contribution is -0.159. The molecule has 0 spiro atoms. The fourth-order valence-corrected chi connectivity index (χ4v) is 0.618. The number of hydrogen-bond acceptors (Lipinski definition) is 5. The number of amides is 1. The van der Waals surface area contributed by atoms with E-state index < -0.39 is 18.9 Å². The topological polar surface area (TPSA) is 77.2 Å². The van der Waals surface area contributed by atoms with Gasteiger partial charge in [-0.25, -0.2) is 10.1 Å². The Morgan fingerprint density at radius 1 is 1.53 bits per heavy atom. The molecule has 0 saturated carbocycles. The summed E-state index contributed by atoms with van der Waals surface area (Å²) in [5.41, 5.74) is 0. The largest absolute Gasteiger partial charge is 0.440 e. The first-order valence-corrected chi connectivity index (χ1v) is 3.67. The van der Waals surface area contributed by atoms with Gasteiger partial charge in [-0.15, -0.1) is 5.10 Å². The number of ether oxygens (including phenoxy) is 1. The summed E-state index contributed by atoms with van der Waals surface area (Å²) in [6, 6.07) is -0.320. The monoisotopic (exact) mass is 225 g/mol. The number of halogens is 3. The number of nitrogens with zero attached hydrogens (tertiary/aromatic N) is 2. The summed E-state index contributed by atoms with van der Waals surface area (Å²) in [5, 5.41) is 8.49. The first kappa shape index (κ1) is 11.3. The second-order valence-corrected chi connectivity index (χ2v) is 2.44. The molecule has 0 saturated heterocycles. The lowest BCUT2D eigenvalue weighted by Crippen LogP contribution is -2.23. The number of aryl methyl sites for hydroxylation is 1. The third kappa shape index (κ3) is 4.29. The lowest BCUT2D eigenvalue weighted by Gasteiger charge is -2.06. The van der Waals surface area contributed by atoms with Crippen LogP contribution in [0.5, 0.6) is 0 Å². The molecule has 0 unspecified atom stereocenters. The maximum atomic E-state index is 11.6. The van der Waals surface area contributed by atoms with Crippen molar-refractivity contribution in [3.63, 3.8) is 0 Å². The van der Waals surface area contributed by atoms with Crippen molar-refractivity contribution in [1.29, 1.82) is 0 Å². The normalized spacial score (nSPS) is 11.2. The predicted octanol–water partition coefficient (Wildman–Crippen LogP) is 1.49. The Morgan fingerprint density at radius 2 is 2.20 bits per heavy atom. The SMILES string of the molecule is Cc1nnc(NC(=O)OCC(F)(F)F)o1. The Labute approximate surface area is 81.4 Å². The van der Waals surface area contributed by atoms with E-state index in [4.69, 9.17) is 0 Å². The van der Waals surface area contributed by atoms with Crippen LogP contribution in [-0.4, -0.2) is 29.1 Å². The van der Waals surface area contributed by atoms with Crippen LogP contribution in [0.4, 0.5) is 24.0 Å². The molecule has 1 rings (SSSR count). The Kier molecular flexibility index (Phi) is 3.12.